The molecule has 0 bridgehead atoms. The van der Waals surface area contributed by atoms with E-state index in [2.05, 4.69) is 26.4 Å². The fourth-order valence-corrected chi connectivity index (χ4v) is 3.37. The second-order valence-electron chi connectivity index (χ2n) is 6.80. The van der Waals surface area contributed by atoms with Crippen molar-refractivity contribution in [3.63, 3.8) is 0 Å². The molecule has 1 aromatic carbocycles. The minimum Gasteiger partial charge on any atom is -0.493 e. The van der Waals surface area contributed by atoms with E-state index in [0.29, 0.717) is 38.1 Å². The number of ether oxygens (including phenoxy) is 2. The first-order valence-electron chi connectivity index (χ1n) is 9.65. The molecule has 0 amide bonds. The second-order valence-corrected chi connectivity index (χ2v) is 8.90. The summed E-state index contributed by atoms with van der Waals surface area (Å²) in [6, 6.07) is 6.15. The summed E-state index contributed by atoms with van der Waals surface area (Å²) in [5.41, 5.74) is 2.19. The lowest BCUT2D eigenvalue weighted by atomic mass is 10.1. The maximum Gasteiger partial charge on any atom is 0.211 e. The van der Waals surface area contributed by atoms with Gasteiger partial charge >= 0.3 is 0 Å². The van der Waals surface area contributed by atoms with Crippen molar-refractivity contribution < 1.29 is 17.9 Å². The van der Waals surface area contributed by atoms with Gasteiger partial charge in [-0.25, -0.2) is 13.1 Å². The van der Waals surface area contributed by atoms with Crippen molar-refractivity contribution in [1.29, 1.82) is 0 Å². The number of guanidine groups is 1. The molecular formula is C19H32N4O4S. The molecule has 28 heavy (non-hydrogen) atoms. The molecule has 1 saturated heterocycles. The highest BCUT2D eigenvalue weighted by molar-refractivity contribution is 7.89. The molecule has 8 nitrogen and oxygen atoms in total. The Morgan fingerprint density at radius 3 is 2.82 bits per heavy atom. The maximum atomic E-state index is 11.4. The molecule has 3 N–H and O–H groups in total. The van der Waals surface area contributed by atoms with E-state index in [4.69, 9.17) is 9.47 Å². The minimum atomic E-state index is -3.18. The molecule has 1 unspecified atom stereocenters. The molecule has 0 saturated carbocycles. The Bertz CT molecular complexity index is 746. The van der Waals surface area contributed by atoms with Crippen LogP contribution in [0, 0.1) is 12.8 Å². The van der Waals surface area contributed by atoms with Crippen LogP contribution in [0.15, 0.2) is 23.2 Å². The highest BCUT2D eigenvalue weighted by Gasteiger charge is 2.17. The molecule has 158 valence electrons. The van der Waals surface area contributed by atoms with Crippen LogP contribution in [0.2, 0.25) is 0 Å². The smallest absolute Gasteiger partial charge is 0.211 e. The fourth-order valence-electron chi connectivity index (χ4n) is 2.75. The third kappa shape index (κ3) is 7.65. The van der Waals surface area contributed by atoms with Gasteiger partial charge in [0.15, 0.2) is 5.96 Å². The third-order valence-electron chi connectivity index (χ3n) is 4.51. The predicted octanol–water partition coefficient (Wildman–Crippen LogP) is 1.01. The van der Waals surface area contributed by atoms with Gasteiger partial charge in [0.05, 0.1) is 19.0 Å². The first kappa shape index (κ1) is 22.4. The Morgan fingerprint density at radius 2 is 2.14 bits per heavy atom. The first-order chi connectivity index (χ1) is 13.4. The van der Waals surface area contributed by atoms with Gasteiger partial charge in [-0.05, 0) is 31.9 Å². The molecule has 1 aliphatic heterocycles. The highest BCUT2D eigenvalue weighted by Crippen LogP contribution is 2.22. The van der Waals surface area contributed by atoms with Crippen LogP contribution in [0.1, 0.15) is 24.5 Å². The van der Waals surface area contributed by atoms with Crippen LogP contribution in [0.4, 0.5) is 0 Å². The Labute approximate surface area is 168 Å². The van der Waals surface area contributed by atoms with E-state index in [1.807, 2.05) is 19.1 Å². The fraction of sp³-hybridized carbons (Fsp3) is 0.632. The van der Waals surface area contributed by atoms with Gasteiger partial charge in [-0.3, -0.25) is 4.99 Å². The number of benzene rings is 1. The largest absolute Gasteiger partial charge is 0.493 e. The standard InChI is InChI=1S/C19H32N4O4S/c1-4-28(24,25)23-9-8-21-19(20-3)22-12-17-6-5-15(2)11-18(17)27-14-16-7-10-26-13-16/h5-6,11,16,23H,4,7-10,12-14H2,1-3H3,(H2,20,21,22). The van der Waals surface area contributed by atoms with Gasteiger partial charge in [-0.15, -0.1) is 0 Å². The monoisotopic (exact) mass is 412 g/mol. The summed E-state index contributed by atoms with van der Waals surface area (Å²) < 4.78 is 36.9. The molecule has 1 fully saturated rings. The van der Waals surface area contributed by atoms with Gasteiger partial charge < -0.3 is 20.1 Å². The minimum absolute atomic E-state index is 0.0726. The normalized spacial score (nSPS) is 17.5. The summed E-state index contributed by atoms with van der Waals surface area (Å²) in [5, 5.41) is 6.34. The SMILES string of the molecule is CCS(=O)(=O)NCCNC(=NC)NCc1ccc(C)cc1OCC1CCOC1. The van der Waals surface area contributed by atoms with Gasteiger partial charge in [0.25, 0.3) is 0 Å². The Kier molecular flexibility index (Phi) is 9.01. The summed E-state index contributed by atoms with van der Waals surface area (Å²) in [5.74, 6) is 1.99. The number of aryl methyl sites for hydroxylation is 1. The Morgan fingerprint density at radius 1 is 1.32 bits per heavy atom. The summed E-state index contributed by atoms with van der Waals surface area (Å²) in [4.78, 5) is 4.17. The number of rotatable bonds is 10. The molecule has 1 aliphatic rings. The van der Waals surface area contributed by atoms with Gasteiger partial charge in [0.1, 0.15) is 5.75 Å². The van der Waals surface area contributed by atoms with Crippen LogP contribution in [-0.4, -0.2) is 60.1 Å². The lowest BCUT2D eigenvalue weighted by Gasteiger charge is -2.17. The molecule has 1 atom stereocenters. The van der Waals surface area contributed by atoms with Crippen molar-refractivity contribution in [2.24, 2.45) is 10.9 Å². The summed E-state index contributed by atoms with van der Waals surface area (Å²) in [7, 11) is -1.50. The van der Waals surface area contributed by atoms with E-state index in [0.717, 1.165) is 36.5 Å². The summed E-state index contributed by atoms with van der Waals surface area (Å²) in [6.07, 6.45) is 1.04. The molecular weight excluding hydrogens is 380 g/mol. The van der Waals surface area contributed by atoms with Gasteiger partial charge in [0.2, 0.25) is 10.0 Å². The van der Waals surface area contributed by atoms with Crippen molar-refractivity contribution in [2.75, 3.05) is 45.7 Å². The van der Waals surface area contributed by atoms with Gasteiger partial charge in [-0.2, -0.15) is 0 Å². The molecule has 0 radical (unpaired) electrons. The van der Waals surface area contributed by atoms with Crippen LogP contribution in [-0.2, 0) is 21.3 Å². The molecule has 9 heteroatoms. The van der Waals surface area contributed by atoms with Gasteiger partial charge in [0, 0.05) is 44.8 Å². The van der Waals surface area contributed by atoms with E-state index in [-0.39, 0.29) is 5.75 Å². The van der Waals surface area contributed by atoms with Crippen LogP contribution >= 0.6 is 0 Å². The van der Waals surface area contributed by atoms with Crippen LogP contribution in [0.3, 0.4) is 0 Å². The molecule has 2 rings (SSSR count). The average Bonchev–Trinajstić information content (AvgIpc) is 3.20. The number of sulfonamides is 1. The summed E-state index contributed by atoms with van der Waals surface area (Å²) in [6.45, 7) is 7.18. The molecule has 0 aliphatic carbocycles. The van der Waals surface area contributed by atoms with E-state index in [9.17, 15) is 8.42 Å². The predicted molar refractivity (Wildman–Crippen MR) is 111 cm³/mol. The van der Waals surface area contributed by atoms with E-state index < -0.39 is 10.0 Å². The Hall–Kier alpha value is -1.84. The average molecular weight is 413 g/mol. The summed E-state index contributed by atoms with van der Waals surface area (Å²) >= 11 is 0. The zero-order valence-corrected chi connectivity index (χ0v) is 17.8. The Balaban J connectivity index is 1.84. The number of hydrogen-bond acceptors (Lipinski definition) is 5. The molecule has 1 aromatic rings. The van der Waals surface area contributed by atoms with E-state index >= 15 is 0 Å². The quantitative estimate of drug-likeness (QED) is 0.301. The van der Waals surface area contributed by atoms with Crippen LogP contribution in [0.25, 0.3) is 0 Å². The van der Waals surface area contributed by atoms with E-state index in [1.54, 1.807) is 14.0 Å². The molecule has 1 heterocycles. The van der Waals surface area contributed by atoms with E-state index in [1.165, 1.54) is 0 Å². The zero-order chi connectivity index (χ0) is 20.4. The third-order valence-corrected chi connectivity index (χ3v) is 5.91. The number of hydrogen-bond donors (Lipinski definition) is 3. The maximum absolute atomic E-state index is 11.4. The van der Waals surface area contributed by atoms with Crippen molar-refractivity contribution in [2.45, 2.75) is 26.8 Å². The molecule has 0 spiro atoms. The lowest BCUT2D eigenvalue weighted by Crippen LogP contribution is -2.41. The van der Waals surface area contributed by atoms with Crippen molar-refractivity contribution >= 4 is 16.0 Å². The topological polar surface area (TPSA) is 101 Å². The van der Waals surface area contributed by atoms with Crippen molar-refractivity contribution in [3.8, 4) is 5.75 Å². The number of nitrogens with one attached hydrogen (secondary N) is 3. The van der Waals surface area contributed by atoms with Crippen LogP contribution in [0.5, 0.6) is 5.75 Å². The van der Waals surface area contributed by atoms with Crippen LogP contribution < -0.4 is 20.1 Å². The number of aliphatic imine (C=N–C) groups is 1. The number of nitrogens with zero attached hydrogens (tertiary/aromatic N) is 1. The zero-order valence-electron chi connectivity index (χ0n) is 17.0. The van der Waals surface area contributed by atoms with Crippen molar-refractivity contribution in [1.82, 2.24) is 15.4 Å². The lowest BCUT2D eigenvalue weighted by molar-refractivity contribution is 0.166. The van der Waals surface area contributed by atoms with Crippen molar-refractivity contribution in [3.05, 3.63) is 29.3 Å². The van der Waals surface area contributed by atoms with Gasteiger partial charge in [-0.1, -0.05) is 12.1 Å². The highest BCUT2D eigenvalue weighted by atomic mass is 32.2. The first-order valence-corrected chi connectivity index (χ1v) is 11.3. The molecule has 0 aromatic heterocycles. The second kappa shape index (κ2) is 11.2.